The van der Waals surface area contributed by atoms with E-state index in [0.717, 1.165) is 30.6 Å². The van der Waals surface area contributed by atoms with Gasteiger partial charge in [-0.15, -0.1) is 11.6 Å². The summed E-state index contributed by atoms with van der Waals surface area (Å²) in [4.78, 5) is 13.6. The van der Waals surface area contributed by atoms with E-state index in [1.54, 1.807) is 0 Å². The van der Waals surface area contributed by atoms with Gasteiger partial charge in [-0.25, -0.2) is 0 Å². The molecule has 2 rings (SSSR count). The fourth-order valence-electron chi connectivity index (χ4n) is 1.44. The molecule has 3 heteroatoms. The normalized spacial score (nSPS) is 15.1. The molecule has 0 saturated carbocycles. The van der Waals surface area contributed by atoms with Gasteiger partial charge in [-0.3, -0.25) is 4.79 Å². The van der Waals surface area contributed by atoms with E-state index in [0.29, 0.717) is 5.88 Å². The van der Waals surface area contributed by atoms with E-state index in [1.807, 2.05) is 29.2 Å². The Bertz CT molecular complexity index is 330. The molecule has 0 atom stereocenters. The first kappa shape index (κ1) is 9.53. The molecule has 0 unspecified atom stereocenters. The van der Waals surface area contributed by atoms with E-state index in [-0.39, 0.29) is 5.91 Å². The maximum atomic E-state index is 11.7. The number of alkyl halides is 1. The molecule has 74 valence electrons. The van der Waals surface area contributed by atoms with Gasteiger partial charge in [0.15, 0.2) is 0 Å². The Hall–Kier alpha value is -1.02. The Morgan fingerprint density at radius 1 is 1.29 bits per heavy atom. The topological polar surface area (TPSA) is 20.3 Å². The molecule has 0 radical (unpaired) electrons. The molecular weight excluding hydrogens is 198 g/mol. The maximum absolute atomic E-state index is 11.7. The second-order valence-electron chi connectivity index (χ2n) is 3.48. The molecule has 1 fully saturated rings. The average molecular weight is 210 g/mol. The van der Waals surface area contributed by atoms with Crippen LogP contribution >= 0.6 is 11.6 Å². The molecular formula is C11H12ClNO. The molecule has 1 aliphatic heterocycles. The van der Waals surface area contributed by atoms with E-state index >= 15 is 0 Å². The number of rotatable bonds is 2. The first-order valence-electron chi connectivity index (χ1n) is 4.75. The van der Waals surface area contributed by atoms with Crippen LogP contribution in [0.25, 0.3) is 0 Å². The SMILES string of the molecule is O=C(c1ccc(CCl)cc1)N1CCC1. The number of amides is 1. The van der Waals surface area contributed by atoms with Crippen molar-refractivity contribution in [3.8, 4) is 0 Å². The van der Waals surface area contributed by atoms with Crippen LogP contribution in [-0.4, -0.2) is 23.9 Å². The van der Waals surface area contributed by atoms with Crippen molar-refractivity contribution in [1.29, 1.82) is 0 Å². The quantitative estimate of drug-likeness (QED) is 0.685. The minimum atomic E-state index is 0.136. The number of halogens is 1. The van der Waals surface area contributed by atoms with Gasteiger partial charge in [0.25, 0.3) is 5.91 Å². The molecule has 1 heterocycles. The van der Waals surface area contributed by atoms with Crippen molar-refractivity contribution in [2.45, 2.75) is 12.3 Å². The summed E-state index contributed by atoms with van der Waals surface area (Å²) in [6.45, 7) is 1.80. The second-order valence-corrected chi connectivity index (χ2v) is 3.74. The van der Waals surface area contributed by atoms with Crippen LogP contribution in [-0.2, 0) is 5.88 Å². The molecule has 14 heavy (non-hydrogen) atoms. The second kappa shape index (κ2) is 4.01. The standard InChI is InChI=1S/C11H12ClNO/c12-8-9-2-4-10(5-3-9)11(14)13-6-1-7-13/h2-5H,1,6-8H2. The van der Waals surface area contributed by atoms with Crippen LogP contribution in [0.4, 0.5) is 0 Å². The summed E-state index contributed by atoms with van der Waals surface area (Å²) in [6, 6.07) is 7.50. The molecule has 0 aromatic heterocycles. The van der Waals surface area contributed by atoms with Crippen molar-refractivity contribution in [3.63, 3.8) is 0 Å². The Balaban J connectivity index is 2.11. The molecule has 1 aromatic carbocycles. The third-order valence-corrected chi connectivity index (χ3v) is 2.81. The highest BCUT2D eigenvalue weighted by atomic mass is 35.5. The Morgan fingerprint density at radius 3 is 2.36 bits per heavy atom. The fraction of sp³-hybridized carbons (Fsp3) is 0.364. The van der Waals surface area contributed by atoms with E-state index in [4.69, 9.17) is 11.6 Å². The third-order valence-electron chi connectivity index (χ3n) is 2.50. The highest BCUT2D eigenvalue weighted by molar-refractivity contribution is 6.17. The van der Waals surface area contributed by atoms with E-state index in [1.165, 1.54) is 0 Å². The minimum Gasteiger partial charge on any atom is -0.339 e. The van der Waals surface area contributed by atoms with E-state index in [9.17, 15) is 4.79 Å². The molecule has 0 N–H and O–H groups in total. The predicted molar refractivity (Wildman–Crippen MR) is 56.5 cm³/mol. The van der Waals surface area contributed by atoms with Crippen LogP contribution in [0.5, 0.6) is 0 Å². The smallest absolute Gasteiger partial charge is 0.253 e. The number of hydrogen-bond donors (Lipinski definition) is 0. The Kier molecular flexibility index (Phi) is 2.73. The van der Waals surface area contributed by atoms with Gasteiger partial charge in [-0.05, 0) is 24.1 Å². The zero-order chi connectivity index (χ0) is 9.97. The highest BCUT2D eigenvalue weighted by Crippen LogP contribution is 2.13. The van der Waals surface area contributed by atoms with Crippen molar-refractivity contribution in [3.05, 3.63) is 35.4 Å². The van der Waals surface area contributed by atoms with Gasteiger partial charge < -0.3 is 4.90 Å². The average Bonchev–Trinajstić information content (AvgIpc) is 2.15. The monoisotopic (exact) mass is 209 g/mol. The first-order chi connectivity index (χ1) is 6.81. The van der Waals surface area contributed by atoms with Gasteiger partial charge in [0.2, 0.25) is 0 Å². The van der Waals surface area contributed by atoms with E-state index in [2.05, 4.69) is 0 Å². The van der Waals surface area contributed by atoms with Crippen molar-refractivity contribution in [2.24, 2.45) is 0 Å². The van der Waals surface area contributed by atoms with Gasteiger partial charge in [0.1, 0.15) is 0 Å². The summed E-state index contributed by atoms with van der Waals surface area (Å²) in [7, 11) is 0. The summed E-state index contributed by atoms with van der Waals surface area (Å²) in [5, 5.41) is 0. The number of carbonyl (C=O) groups excluding carboxylic acids is 1. The van der Waals surface area contributed by atoms with Crippen LogP contribution in [0.1, 0.15) is 22.3 Å². The Morgan fingerprint density at radius 2 is 1.93 bits per heavy atom. The molecule has 0 bridgehead atoms. The summed E-state index contributed by atoms with van der Waals surface area (Å²) in [6.07, 6.45) is 1.13. The molecule has 1 aromatic rings. The molecule has 1 amide bonds. The summed E-state index contributed by atoms with van der Waals surface area (Å²) in [5.74, 6) is 0.635. The van der Waals surface area contributed by atoms with Crippen LogP contribution in [0.15, 0.2) is 24.3 Å². The van der Waals surface area contributed by atoms with Crippen LogP contribution in [0.3, 0.4) is 0 Å². The van der Waals surface area contributed by atoms with Crippen LogP contribution in [0, 0.1) is 0 Å². The molecule has 0 aliphatic carbocycles. The number of benzene rings is 1. The lowest BCUT2D eigenvalue weighted by molar-refractivity contribution is 0.0652. The first-order valence-corrected chi connectivity index (χ1v) is 5.29. The summed E-state index contributed by atoms with van der Waals surface area (Å²) < 4.78 is 0. The van der Waals surface area contributed by atoms with Gasteiger partial charge in [0, 0.05) is 24.5 Å². The number of carbonyl (C=O) groups is 1. The lowest BCUT2D eigenvalue weighted by atomic mass is 10.1. The van der Waals surface area contributed by atoms with Crippen LogP contribution in [0.2, 0.25) is 0 Å². The minimum absolute atomic E-state index is 0.136. The highest BCUT2D eigenvalue weighted by Gasteiger charge is 2.20. The predicted octanol–water partition coefficient (Wildman–Crippen LogP) is 2.27. The molecule has 2 nitrogen and oxygen atoms in total. The van der Waals surface area contributed by atoms with Gasteiger partial charge >= 0.3 is 0 Å². The summed E-state index contributed by atoms with van der Waals surface area (Å²) >= 11 is 5.66. The van der Waals surface area contributed by atoms with Gasteiger partial charge in [-0.2, -0.15) is 0 Å². The summed E-state index contributed by atoms with van der Waals surface area (Å²) in [5.41, 5.74) is 1.81. The molecule has 1 saturated heterocycles. The number of nitrogens with zero attached hydrogens (tertiary/aromatic N) is 1. The third kappa shape index (κ3) is 1.75. The lowest BCUT2D eigenvalue weighted by Crippen LogP contribution is -2.41. The molecule has 0 spiro atoms. The largest absolute Gasteiger partial charge is 0.339 e. The van der Waals surface area contributed by atoms with Crippen molar-refractivity contribution >= 4 is 17.5 Å². The van der Waals surface area contributed by atoms with Crippen molar-refractivity contribution < 1.29 is 4.79 Å². The maximum Gasteiger partial charge on any atom is 0.253 e. The van der Waals surface area contributed by atoms with Crippen molar-refractivity contribution in [2.75, 3.05) is 13.1 Å². The lowest BCUT2D eigenvalue weighted by Gasteiger charge is -2.30. The fourth-order valence-corrected chi connectivity index (χ4v) is 1.62. The molecule has 1 aliphatic rings. The van der Waals surface area contributed by atoms with Crippen LogP contribution < -0.4 is 0 Å². The van der Waals surface area contributed by atoms with Gasteiger partial charge in [-0.1, -0.05) is 12.1 Å². The van der Waals surface area contributed by atoms with Crippen molar-refractivity contribution in [1.82, 2.24) is 4.90 Å². The zero-order valence-corrected chi connectivity index (χ0v) is 8.63. The number of hydrogen-bond acceptors (Lipinski definition) is 1. The zero-order valence-electron chi connectivity index (χ0n) is 7.87. The number of likely N-dealkylation sites (tertiary alicyclic amines) is 1. The van der Waals surface area contributed by atoms with Gasteiger partial charge in [0.05, 0.1) is 0 Å². The Labute approximate surface area is 88.5 Å². The van der Waals surface area contributed by atoms with E-state index < -0.39 is 0 Å².